The van der Waals surface area contributed by atoms with Crippen molar-refractivity contribution in [1.29, 1.82) is 0 Å². The Morgan fingerprint density at radius 2 is 1.67 bits per heavy atom. The van der Waals surface area contributed by atoms with Gasteiger partial charge in [0.1, 0.15) is 12.2 Å². The predicted molar refractivity (Wildman–Crippen MR) is 40.8 cm³/mol. The molecule has 0 amide bonds. The van der Waals surface area contributed by atoms with Crippen LogP contribution in [0.2, 0.25) is 0 Å². The van der Waals surface area contributed by atoms with E-state index in [1.165, 1.54) is 13.8 Å². The van der Waals surface area contributed by atoms with Gasteiger partial charge in [-0.1, -0.05) is 0 Å². The summed E-state index contributed by atoms with van der Waals surface area (Å²) >= 11 is 0. The molecule has 7 heteroatoms. The fourth-order valence-electron chi connectivity index (χ4n) is 1.84. The average Bonchev–Trinajstić information content (AvgIpc) is 2.45. The van der Waals surface area contributed by atoms with Crippen LogP contribution >= 0.6 is 0 Å². The molecule has 2 saturated heterocycles. The number of hydrogen-bond acceptors (Lipinski definition) is 4. The van der Waals surface area contributed by atoms with Crippen molar-refractivity contribution in [3.8, 4) is 0 Å². The van der Waals surface area contributed by atoms with Gasteiger partial charge >= 0.3 is 6.18 Å². The number of aliphatic hydroxyl groups excluding tert-OH is 1. The summed E-state index contributed by atoms with van der Waals surface area (Å²) < 4.78 is 51.9. The molecule has 2 heterocycles. The van der Waals surface area contributed by atoms with E-state index in [2.05, 4.69) is 4.74 Å². The second kappa shape index (κ2) is 3.07. The molecule has 15 heavy (non-hydrogen) atoms. The van der Waals surface area contributed by atoms with Gasteiger partial charge in [0.15, 0.2) is 18.2 Å². The number of hydrogen-bond donors (Lipinski definition) is 1. The summed E-state index contributed by atoms with van der Waals surface area (Å²) in [6, 6.07) is 0. The van der Waals surface area contributed by atoms with E-state index in [9.17, 15) is 18.3 Å². The molecule has 2 aliphatic rings. The highest BCUT2D eigenvalue weighted by Crippen LogP contribution is 2.43. The number of fused-ring (bicyclic) bond motifs is 1. The minimum Gasteiger partial charge on any atom is -0.366 e. The van der Waals surface area contributed by atoms with Gasteiger partial charge < -0.3 is 19.3 Å². The second-order valence-corrected chi connectivity index (χ2v) is 4.05. The summed E-state index contributed by atoms with van der Waals surface area (Å²) in [5.74, 6) is -1.12. The first-order chi connectivity index (χ1) is 6.71. The Hall–Kier alpha value is -0.370. The van der Waals surface area contributed by atoms with Gasteiger partial charge in [0, 0.05) is 0 Å². The van der Waals surface area contributed by atoms with Gasteiger partial charge in [0.25, 0.3) is 0 Å². The summed E-state index contributed by atoms with van der Waals surface area (Å²) in [6.07, 6.45) is -10.7. The van der Waals surface area contributed by atoms with Gasteiger partial charge in [0.2, 0.25) is 0 Å². The van der Waals surface area contributed by atoms with E-state index in [0.29, 0.717) is 0 Å². The standard InChI is InChI=1S/C8H11F3O4/c1-7(2)14-3-4(15-7)6(12)13-5(3)8(9,10)11/h3-6,12H,1-2H3/t3-,4+,5-,6+/m1/s1. The van der Waals surface area contributed by atoms with E-state index < -0.39 is 36.6 Å². The van der Waals surface area contributed by atoms with E-state index in [4.69, 9.17) is 9.47 Å². The molecule has 0 spiro atoms. The van der Waals surface area contributed by atoms with E-state index in [1.807, 2.05) is 0 Å². The van der Waals surface area contributed by atoms with Gasteiger partial charge in [-0.3, -0.25) is 0 Å². The van der Waals surface area contributed by atoms with Crippen molar-refractivity contribution in [2.45, 2.75) is 50.4 Å². The summed E-state index contributed by atoms with van der Waals surface area (Å²) in [6.45, 7) is 2.98. The van der Waals surface area contributed by atoms with Crippen LogP contribution in [0.4, 0.5) is 13.2 Å². The SMILES string of the molecule is CC1(C)O[C@@H]2[C@H](O1)[C@@H](O)O[C@H]2C(F)(F)F. The lowest BCUT2D eigenvalue weighted by atomic mass is 10.1. The first-order valence-corrected chi connectivity index (χ1v) is 4.46. The van der Waals surface area contributed by atoms with Crippen molar-refractivity contribution >= 4 is 0 Å². The van der Waals surface area contributed by atoms with Gasteiger partial charge in [-0.05, 0) is 13.8 Å². The highest BCUT2D eigenvalue weighted by molar-refractivity contribution is 4.97. The third kappa shape index (κ3) is 1.84. The van der Waals surface area contributed by atoms with E-state index in [0.717, 1.165) is 0 Å². The van der Waals surface area contributed by atoms with Crippen LogP contribution in [0.5, 0.6) is 0 Å². The number of halogens is 3. The smallest absolute Gasteiger partial charge is 0.366 e. The van der Waals surface area contributed by atoms with Gasteiger partial charge in [-0.15, -0.1) is 0 Å². The molecule has 4 atom stereocenters. The lowest BCUT2D eigenvalue weighted by molar-refractivity contribution is -0.281. The maximum absolute atomic E-state index is 12.5. The molecule has 2 rings (SSSR count). The van der Waals surface area contributed by atoms with E-state index in [1.54, 1.807) is 0 Å². The van der Waals surface area contributed by atoms with Crippen molar-refractivity contribution in [3.05, 3.63) is 0 Å². The molecule has 0 unspecified atom stereocenters. The Morgan fingerprint density at radius 1 is 1.13 bits per heavy atom. The number of rotatable bonds is 0. The first kappa shape index (κ1) is 11.1. The molecule has 0 aromatic heterocycles. The average molecular weight is 228 g/mol. The zero-order chi connectivity index (χ0) is 11.4. The number of ether oxygens (including phenoxy) is 3. The highest BCUT2D eigenvalue weighted by Gasteiger charge is 2.62. The monoisotopic (exact) mass is 228 g/mol. The largest absolute Gasteiger partial charge is 0.417 e. The topological polar surface area (TPSA) is 47.9 Å². The Morgan fingerprint density at radius 3 is 2.20 bits per heavy atom. The van der Waals surface area contributed by atoms with Crippen molar-refractivity contribution in [2.24, 2.45) is 0 Å². The minimum absolute atomic E-state index is 1.08. The molecular weight excluding hydrogens is 217 g/mol. The Labute approximate surface area is 83.9 Å². The lowest BCUT2D eigenvalue weighted by Gasteiger charge is -2.23. The van der Waals surface area contributed by atoms with Crippen LogP contribution in [0, 0.1) is 0 Å². The maximum Gasteiger partial charge on any atom is 0.417 e. The quantitative estimate of drug-likeness (QED) is 0.665. The molecule has 0 aliphatic carbocycles. The van der Waals surface area contributed by atoms with Crippen molar-refractivity contribution in [2.75, 3.05) is 0 Å². The van der Waals surface area contributed by atoms with Crippen molar-refractivity contribution in [3.63, 3.8) is 0 Å². The molecule has 0 aromatic rings. The molecular formula is C8H11F3O4. The molecule has 1 N–H and O–H groups in total. The molecule has 4 nitrogen and oxygen atoms in total. The second-order valence-electron chi connectivity index (χ2n) is 4.05. The van der Waals surface area contributed by atoms with E-state index in [-0.39, 0.29) is 0 Å². The summed E-state index contributed by atoms with van der Waals surface area (Å²) in [5.41, 5.74) is 0. The highest BCUT2D eigenvalue weighted by atomic mass is 19.4. The first-order valence-electron chi connectivity index (χ1n) is 4.46. The summed E-state index contributed by atoms with van der Waals surface area (Å²) in [7, 11) is 0. The fraction of sp³-hybridized carbons (Fsp3) is 1.00. The van der Waals surface area contributed by atoms with E-state index >= 15 is 0 Å². The van der Waals surface area contributed by atoms with Gasteiger partial charge in [-0.25, -0.2) is 0 Å². The number of alkyl halides is 3. The van der Waals surface area contributed by atoms with Gasteiger partial charge in [0.05, 0.1) is 0 Å². The molecule has 2 fully saturated rings. The van der Waals surface area contributed by atoms with Crippen molar-refractivity contribution in [1.82, 2.24) is 0 Å². The molecule has 0 saturated carbocycles. The Kier molecular flexibility index (Phi) is 2.27. The number of aliphatic hydroxyl groups is 1. The van der Waals surface area contributed by atoms with Crippen LogP contribution in [0.1, 0.15) is 13.8 Å². The van der Waals surface area contributed by atoms with Crippen LogP contribution in [0.15, 0.2) is 0 Å². The van der Waals surface area contributed by atoms with Crippen LogP contribution in [0.25, 0.3) is 0 Å². The van der Waals surface area contributed by atoms with Crippen LogP contribution in [0.3, 0.4) is 0 Å². The Bertz CT molecular complexity index is 265. The lowest BCUT2D eigenvalue weighted by Crippen LogP contribution is -2.40. The molecule has 0 aromatic carbocycles. The third-order valence-electron chi connectivity index (χ3n) is 2.35. The summed E-state index contributed by atoms with van der Waals surface area (Å²) in [5, 5.41) is 9.24. The minimum atomic E-state index is -4.57. The third-order valence-corrected chi connectivity index (χ3v) is 2.35. The molecule has 0 radical (unpaired) electrons. The zero-order valence-electron chi connectivity index (χ0n) is 8.12. The predicted octanol–water partition coefficient (Wildman–Crippen LogP) is 0.786. The Balaban J connectivity index is 2.20. The molecule has 88 valence electrons. The van der Waals surface area contributed by atoms with Crippen LogP contribution in [-0.2, 0) is 14.2 Å². The zero-order valence-corrected chi connectivity index (χ0v) is 8.12. The summed E-state index contributed by atoms with van der Waals surface area (Å²) in [4.78, 5) is 0. The normalized spacial score (nSPS) is 44.4. The molecule has 2 aliphatic heterocycles. The maximum atomic E-state index is 12.5. The van der Waals surface area contributed by atoms with Crippen molar-refractivity contribution < 1.29 is 32.5 Å². The van der Waals surface area contributed by atoms with Crippen LogP contribution in [-0.4, -0.2) is 41.7 Å². The van der Waals surface area contributed by atoms with Crippen LogP contribution < -0.4 is 0 Å². The molecule has 0 bridgehead atoms. The fourth-order valence-corrected chi connectivity index (χ4v) is 1.84. The van der Waals surface area contributed by atoms with Gasteiger partial charge in [-0.2, -0.15) is 13.2 Å².